The molecule has 1 aromatic heterocycles. The summed E-state index contributed by atoms with van der Waals surface area (Å²) in [4.78, 5) is 12.8. The highest BCUT2D eigenvalue weighted by Crippen LogP contribution is 1.98. The van der Waals surface area contributed by atoms with Gasteiger partial charge in [-0.05, 0) is 13.0 Å². The zero-order valence-electron chi connectivity index (χ0n) is 7.61. The molecule has 0 N–H and O–H groups in total. The number of aryl methyl sites for hydroxylation is 1. The van der Waals surface area contributed by atoms with Crippen molar-refractivity contribution in [2.45, 2.75) is 13.5 Å². The van der Waals surface area contributed by atoms with Crippen LogP contribution in [-0.2, 0) is 6.54 Å². The molecule has 1 aromatic rings. The standard InChI is InChI=1S/C8H13N3O/c1-4-11-6-5-7(9-11)8(12)10(2)3/h5-6H,4H2,1-3H3. The minimum absolute atomic E-state index is 0.0535. The average molecular weight is 167 g/mol. The smallest absolute Gasteiger partial charge is 0.273 e. The van der Waals surface area contributed by atoms with Crippen molar-refractivity contribution in [3.63, 3.8) is 0 Å². The Bertz CT molecular complexity index is 278. The van der Waals surface area contributed by atoms with Gasteiger partial charge in [-0.2, -0.15) is 5.10 Å². The second-order valence-corrected chi connectivity index (χ2v) is 2.76. The van der Waals surface area contributed by atoms with Crippen LogP contribution in [0.5, 0.6) is 0 Å². The van der Waals surface area contributed by atoms with E-state index in [1.807, 2.05) is 6.92 Å². The fourth-order valence-corrected chi connectivity index (χ4v) is 0.881. The third kappa shape index (κ3) is 1.64. The molecular formula is C8H13N3O. The molecule has 1 amide bonds. The summed E-state index contributed by atoms with van der Waals surface area (Å²) in [5, 5.41) is 4.08. The molecule has 4 nitrogen and oxygen atoms in total. The second kappa shape index (κ2) is 3.38. The van der Waals surface area contributed by atoms with Gasteiger partial charge >= 0.3 is 0 Å². The summed E-state index contributed by atoms with van der Waals surface area (Å²) in [6.07, 6.45) is 1.80. The van der Waals surface area contributed by atoms with Crippen molar-refractivity contribution in [1.82, 2.24) is 14.7 Å². The first kappa shape index (κ1) is 8.77. The Balaban J connectivity index is 2.82. The van der Waals surface area contributed by atoms with Gasteiger partial charge in [0, 0.05) is 26.8 Å². The van der Waals surface area contributed by atoms with Crippen LogP contribution in [0.2, 0.25) is 0 Å². The van der Waals surface area contributed by atoms with E-state index in [0.29, 0.717) is 5.69 Å². The van der Waals surface area contributed by atoms with Crippen LogP contribution in [0.3, 0.4) is 0 Å². The third-order valence-corrected chi connectivity index (χ3v) is 1.59. The Labute approximate surface area is 71.8 Å². The first-order chi connectivity index (χ1) is 5.65. The summed E-state index contributed by atoms with van der Waals surface area (Å²) >= 11 is 0. The van der Waals surface area contributed by atoms with E-state index in [9.17, 15) is 4.79 Å². The molecule has 0 aliphatic heterocycles. The largest absolute Gasteiger partial charge is 0.343 e. The van der Waals surface area contributed by atoms with Crippen LogP contribution in [0, 0.1) is 0 Å². The van der Waals surface area contributed by atoms with Crippen molar-refractivity contribution < 1.29 is 4.79 Å². The van der Waals surface area contributed by atoms with Crippen LogP contribution in [-0.4, -0.2) is 34.7 Å². The van der Waals surface area contributed by atoms with Gasteiger partial charge in [0.1, 0.15) is 5.69 Å². The Hall–Kier alpha value is -1.32. The van der Waals surface area contributed by atoms with Crippen molar-refractivity contribution in [3.05, 3.63) is 18.0 Å². The highest BCUT2D eigenvalue weighted by molar-refractivity contribution is 5.91. The highest BCUT2D eigenvalue weighted by Gasteiger charge is 2.10. The fraction of sp³-hybridized carbons (Fsp3) is 0.500. The normalized spacial score (nSPS) is 9.92. The van der Waals surface area contributed by atoms with E-state index in [-0.39, 0.29) is 5.91 Å². The number of carbonyl (C=O) groups excluding carboxylic acids is 1. The van der Waals surface area contributed by atoms with E-state index < -0.39 is 0 Å². The van der Waals surface area contributed by atoms with Gasteiger partial charge in [0.25, 0.3) is 5.91 Å². The van der Waals surface area contributed by atoms with Crippen molar-refractivity contribution in [2.75, 3.05) is 14.1 Å². The monoisotopic (exact) mass is 167 g/mol. The number of aromatic nitrogens is 2. The van der Waals surface area contributed by atoms with Crippen molar-refractivity contribution >= 4 is 5.91 Å². The predicted molar refractivity (Wildman–Crippen MR) is 45.9 cm³/mol. The Morgan fingerprint density at radius 3 is 2.75 bits per heavy atom. The van der Waals surface area contributed by atoms with Crippen molar-refractivity contribution in [3.8, 4) is 0 Å². The third-order valence-electron chi connectivity index (χ3n) is 1.59. The summed E-state index contributed by atoms with van der Waals surface area (Å²) < 4.78 is 1.73. The molecule has 0 aliphatic carbocycles. The lowest BCUT2D eigenvalue weighted by Crippen LogP contribution is -2.22. The Kier molecular flexibility index (Phi) is 2.47. The lowest BCUT2D eigenvalue weighted by molar-refractivity contribution is 0.0821. The summed E-state index contributed by atoms with van der Waals surface area (Å²) in [6.45, 7) is 2.78. The van der Waals surface area contributed by atoms with E-state index in [2.05, 4.69) is 5.10 Å². The van der Waals surface area contributed by atoms with Gasteiger partial charge in [-0.3, -0.25) is 9.48 Å². The Morgan fingerprint density at radius 2 is 2.33 bits per heavy atom. The molecule has 0 saturated heterocycles. The van der Waals surface area contributed by atoms with Crippen molar-refractivity contribution in [1.29, 1.82) is 0 Å². The van der Waals surface area contributed by atoms with E-state index in [1.165, 1.54) is 4.90 Å². The number of rotatable bonds is 2. The van der Waals surface area contributed by atoms with E-state index in [1.54, 1.807) is 31.0 Å². The maximum atomic E-state index is 11.3. The maximum Gasteiger partial charge on any atom is 0.273 e. The summed E-state index contributed by atoms with van der Waals surface area (Å²) in [5.41, 5.74) is 0.502. The second-order valence-electron chi connectivity index (χ2n) is 2.76. The van der Waals surface area contributed by atoms with Gasteiger partial charge in [0.2, 0.25) is 0 Å². The predicted octanol–water partition coefficient (Wildman–Crippen LogP) is 0.605. The minimum atomic E-state index is -0.0535. The summed E-state index contributed by atoms with van der Waals surface area (Å²) in [5.74, 6) is -0.0535. The highest BCUT2D eigenvalue weighted by atomic mass is 16.2. The number of nitrogens with zero attached hydrogens (tertiary/aromatic N) is 3. The molecule has 0 unspecified atom stereocenters. The Morgan fingerprint density at radius 1 is 1.67 bits per heavy atom. The van der Waals surface area contributed by atoms with Gasteiger partial charge in [-0.25, -0.2) is 0 Å². The molecule has 0 bridgehead atoms. The average Bonchev–Trinajstić information content (AvgIpc) is 2.50. The summed E-state index contributed by atoms with van der Waals surface area (Å²) in [7, 11) is 3.43. The van der Waals surface area contributed by atoms with Gasteiger partial charge in [-0.15, -0.1) is 0 Å². The van der Waals surface area contributed by atoms with Gasteiger partial charge in [0.05, 0.1) is 0 Å². The molecule has 0 fully saturated rings. The molecule has 1 heterocycles. The molecule has 0 saturated carbocycles. The molecule has 0 radical (unpaired) electrons. The topological polar surface area (TPSA) is 38.1 Å². The van der Waals surface area contributed by atoms with Crippen LogP contribution in [0.25, 0.3) is 0 Å². The molecule has 66 valence electrons. The van der Waals surface area contributed by atoms with Crippen molar-refractivity contribution in [2.24, 2.45) is 0 Å². The molecule has 0 aromatic carbocycles. The molecule has 1 rings (SSSR count). The van der Waals surface area contributed by atoms with Gasteiger partial charge in [-0.1, -0.05) is 0 Å². The zero-order chi connectivity index (χ0) is 9.14. The maximum absolute atomic E-state index is 11.3. The number of hydrogen-bond donors (Lipinski definition) is 0. The van der Waals surface area contributed by atoms with Crippen LogP contribution in [0.1, 0.15) is 17.4 Å². The van der Waals surface area contributed by atoms with Crippen LogP contribution >= 0.6 is 0 Å². The molecule has 4 heteroatoms. The quantitative estimate of drug-likeness (QED) is 0.647. The van der Waals surface area contributed by atoms with Gasteiger partial charge < -0.3 is 4.90 Å². The summed E-state index contributed by atoms with van der Waals surface area (Å²) in [6, 6.07) is 1.73. The molecule has 0 atom stereocenters. The number of carbonyl (C=O) groups is 1. The number of amides is 1. The molecule has 0 spiro atoms. The van der Waals surface area contributed by atoms with E-state index >= 15 is 0 Å². The lowest BCUT2D eigenvalue weighted by Gasteiger charge is -2.06. The van der Waals surface area contributed by atoms with E-state index in [4.69, 9.17) is 0 Å². The molecule has 12 heavy (non-hydrogen) atoms. The SMILES string of the molecule is CCn1ccc(C(=O)N(C)C)n1. The van der Waals surface area contributed by atoms with Gasteiger partial charge in [0.15, 0.2) is 0 Å². The fourth-order valence-electron chi connectivity index (χ4n) is 0.881. The van der Waals surface area contributed by atoms with Crippen LogP contribution in [0.4, 0.5) is 0 Å². The first-order valence-corrected chi connectivity index (χ1v) is 3.90. The van der Waals surface area contributed by atoms with E-state index in [0.717, 1.165) is 6.54 Å². The minimum Gasteiger partial charge on any atom is -0.343 e. The lowest BCUT2D eigenvalue weighted by atomic mass is 10.4. The molecular weight excluding hydrogens is 154 g/mol. The van der Waals surface area contributed by atoms with Crippen LogP contribution in [0.15, 0.2) is 12.3 Å². The molecule has 0 aliphatic rings. The number of hydrogen-bond acceptors (Lipinski definition) is 2. The van der Waals surface area contributed by atoms with Crippen LogP contribution < -0.4 is 0 Å². The zero-order valence-corrected chi connectivity index (χ0v) is 7.61. The first-order valence-electron chi connectivity index (χ1n) is 3.90.